The topological polar surface area (TPSA) is 66.4 Å². The number of carboxylic acid groups (broad SMARTS) is 1. The Morgan fingerprint density at radius 3 is 2.50 bits per heavy atom. The molecule has 4 atom stereocenters. The number of rotatable bonds is 3. The van der Waals surface area contributed by atoms with Crippen molar-refractivity contribution in [3.8, 4) is 0 Å². The maximum atomic E-state index is 12.2. The highest BCUT2D eigenvalue weighted by atomic mass is 16.4. The first kappa shape index (κ1) is 13.4. The van der Waals surface area contributed by atoms with Crippen molar-refractivity contribution in [1.82, 2.24) is 5.32 Å². The van der Waals surface area contributed by atoms with Gasteiger partial charge in [-0.1, -0.05) is 32.1 Å². The molecule has 0 spiro atoms. The van der Waals surface area contributed by atoms with E-state index in [0.29, 0.717) is 11.8 Å². The van der Waals surface area contributed by atoms with Crippen LogP contribution in [-0.4, -0.2) is 23.0 Å². The van der Waals surface area contributed by atoms with Crippen molar-refractivity contribution in [2.75, 3.05) is 0 Å². The van der Waals surface area contributed by atoms with Gasteiger partial charge in [0.15, 0.2) is 0 Å². The summed E-state index contributed by atoms with van der Waals surface area (Å²) in [6, 6.07) is -0.776. The predicted octanol–water partition coefficient (Wildman–Crippen LogP) is 2.18. The van der Waals surface area contributed by atoms with E-state index < -0.39 is 12.0 Å². The van der Waals surface area contributed by atoms with Crippen molar-refractivity contribution < 1.29 is 14.7 Å². The number of carbonyl (C=O) groups is 2. The Kier molecular flexibility index (Phi) is 4.25. The van der Waals surface area contributed by atoms with Gasteiger partial charge in [-0.2, -0.15) is 0 Å². The van der Waals surface area contributed by atoms with Crippen LogP contribution < -0.4 is 5.32 Å². The molecule has 4 unspecified atom stereocenters. The second-order valence-electron chi connectivity index (χ2n) is 5.81. The highest BCUT2D eigenvalue weighted by Gasteiger charge is 2.38. The molecule has 0 aliphatic heterocycles. The van der Waals surface area contributed by atoms with E-state index >= 15 is 0 Å². The fourth-order valence-electron chi connectivity index (χ4n) is 3.65. The van der Waals surface area contributed by atoms with Crippen LogP contribution in [0.1, 0.15) is 51.9 Å². The lowest BCUT2D eigenvalue weighted by molar-refractivity contribution is -0.143. The molecular weight excluding hydrogens is 230 g/mol. The molecule has 0 bridgehead atoms. The molecule has 0 radical (unpaired) electrons. The first-order valence-electron chi connectivity index (χ1n) is 7.12. The van der Waals surface area contributed by atoms with Gasteiger partial charge in [0.05, 0.1) is 0 Å². The molecule has 4 heteroatoms. The van der Waals surface area contributed by atoms with Gasteiger partial charge < -0.3 is 10.4 Å². The largest absolute Gasteiger partial charge is 0.480 e. The Labute approximate surface area is 108 Å². The third kappa shape index (κ3) is 2.85. The fraction of sp³-hybridized carbons (Fsp3) is 0.857. The van der Waals surface area contributed by atoms with Gasteiger partial charge in [0.25, 0.3) is 0 Å². The van der Waals surface area contributed by atoms with Crippen molar-refractivity contribution >= 4 is 11.9 Å². The third-order valence-electron chi connectivity index (χ3n) is 4.64. The van der Waals surface area contributed by atoms with E-state index in [1.54, 1.807) is 0 Å². The number of aliphatic carboxylic acids is 1. The number of fused-ring (bicyclic) bond motifs is 1. The first-order valence-corrected chi connectivity index (χ1v) is 7.12. The molecule has 0 aromatic rings. The van der Waals surface area contributed by atoms with Crippen LogP contribution in [0.5, 0.6) is 0 Å². The van der Waals surface area contributed by atoms with Gasteiger partial charge in [0.1, 0.15) is 6.04 Å². The molecule has 102 valence electrons. The van der Waals surface area contributed by atoms with Gasteiger partial charge in [-0.3, -0.25) is 9.59 Å². The smallest absolute Gasteiger partial charge is 0.325 e. The van der Waals surface area contributed by atoms with Gasteiger partial charge >= 0.3 is 5.97 Å². The molecule has 0 aromatic heterocycles. The summed E-state index contributed by atoms with van der Waals surface area (Å²) < 4.78 is 0. The molecule has 2 saturated carbocycles. The normalized spacial score (nSPS) is 33.3. The van der Waals surface area contributed by atoms with E-state index in [4.69, 9.17) is 5.11 Å². The Balaban J connectivity index is 1.97. The predicted molar refractivity (Wildman–Crippen MR) is 68.0 cm³/mol. The Bertz CT molecular complexity index is 327. The zero-order valence-corrected chi connectivity index (χ0v) is 11.0. The molecule has 2 aliphatic carbocycles. The van der Waals surface area contributed by atoms with E-state index in [1.807, 2.05) is 0 Å². The van der Waals surface area contributed by atoms with E-state index in [2.05, 4.69) is 5.32 Å². The summed E-state index contributed by atoms with van der Waals surface area (Å²) in [6.45, 7) is 1.53. The van der Waals surface area contributed by atoms with Crippen LogP contribution in [0, 0.1) is 17.8 Å². The summed E-state index contributed by atoms with van der Waals surface area (Å²) >= 11 is 0. The van der Waals surface area contributed by atoms with Crippen molar-refractivity contribution in [3.63, 3.8) is 0 Å². The number of nitrogens with one attached hydrogen (secondary N) is 1. The van der Waals surface area contributed by atoms with Crippen LogP contribution in [0.2, 0.25) is 0 Å². The van der Waals surface area contributed by atoms with Gasteiger partial charge in [0.2, 0.25) is 5.91 Å². The number of amides is 1. The Morgan fingerprint density at radius 2 is 1.78 bits per heavy atom. The molecule has 0 saturated heterocycles. The second-order valence-corrected chi connectivity index (χ2v) is 5.81. The lowest BCUT2D eigenvalue weighted by atomic mass is 9.65. The second kappa shape index (κ2) is 5.72. The van der Waals surface area contributed by atoms with Crippen LogP contribution in [0.15, 0.2) is 0 Å². The molecule has 2 rings (SSSR count). The van der Waals surface area contributed by atoms with Crippen molar-refractivity contribution in [2.24, 2.45) is 17.8 Å². The van der Waals surface area contributed by atoms with Crippen LogP contribution in [0.4, 0.5) is 0 Å². The van der Waals surface area contributed by atoms with E-state index in [-0.39, 0.29) is 11.8 Å². The summed E-state index contributed by atoms with van der Waals surface area (Å²) in [5.41, 5.74) is 0. The molecule has 0 heterocycles. The van der Waals surface area contributed by atoms with E-state index in [1.165, 1.54) is 32.6 Å². The van der Waals surface area contributed by atoms with Gasteiger partial charge in [0, 0.05) is 5.92 Å². The average molecular weight is 253 g/mol. The molecule has 2 aliphatic rings. The minimum absolute atomic E-state index is 0.0403. The van der Waals surface area contributed by atoms with Crippen LogP contribution in [0.25, 0.3) is 0 Å². The zero-order valence-electron chi connectivity index (χ0n) is 11.0. The Hall–Kier alpha value is -1.06. The summed E-state index contributed by atoms with van der Waals surface area (Å²) in [6.07, 6.45) is 8.20. The maximum Gasteiger partial charge on any atom is 0.325 e. The molecule has 2 fully saturated rings. The number of hydrogen-bond acceptors (Lipinski definition) is 2. The van der Waals surface area contributed by atoms with Crippen LogP contribution >= 0.6 is 0 Å². The molecule has 18 heavy (non-hydrogen) atoms. The van der Waals surface area contributed by atoms with Crippen molar-refractivity contribution in [2.45, 2.75) is 57.9 Å². The van der Waals surface area contributed by atoms with E-state index in [9.17, 15) is 9.59 Å². The zero-order chi connectivity index (χ0) is 13.1. The summed E-state index contributed by atoms with van der Waals surface area (Å²) in [5, 5.41) is 11.5. The number of carboxylic acids is 1. The van der Waals surface area contributed by atoms with Gasteiger partial charge in [-0.05, 0) is 31.6 Å². The lowest BCUT2D eigenvalue weighted by Gasteiger charge is -2.40. The average Bonchev–Trinajstić information content (AvgIpc) is 2.37. The first-order chi connectivity index (χ1) is 8.59. The standard InChI is InChI=1S/C14H23NO3/c1-9(14(17)18)15-13(16)12-8-4-6-10-5-2-3-7-11(10)12/h9-12H,2-8H2,1H3,(H,15,16)(H,17,18). The van der Waals surface area contributed by atoms with Crippen molar-refractivity contribution in [3.05, 3.63) is 0 Å². The minimum Gasteiger partial charge on any atom is -0.480 e. The maximum absolute atomic E-state index is 12.2. The highest BCUT2D eigenvalue weighted by Crippen LogP contribution is 2.43. The molecule has 1 amide bonds. The molecular formula is C14H23NO3. The Morgan fingerprint density at radius 1 is 1.11 bits per heavy atom. The lowest BCUT2D eigenvalue weighted by Crippen LogP contribution is -2.46. The van der Waals surface area contributed by atoms with E-state index in [0.717, 1.165) is 19.3 Å². The monoisotopic (exact) mass is 253 g/mol. The summed E-state index contributed by atoms with van der Waals surface area (Å²) in [7, 11) is 0. The number of hydrogen-bond donors (Lipinski definition) is 2. The summed E-state index contributed by atoms with van der Waals surface area (Å²) in [4.78, 5) is 23.0. The highest BCUT2D eigenvalue weighted by molar-refractivity contribution is 5.84. The van der Waals surface area contributed by atoms with Gasteiger partial charge in [-0.15, -0.1) is 0 Å². The quantitative estimate of drug-likeness (QED) is 0.810. The fourth-order valence-corrected chi connectivity index (χ4v) is 3.65. The van der Waals surface area contributed by atoms with Crippen molar-refractivity contribution in [1.29, 1.82) is 0 Å². The number of carbonyl (C=O) groups excluding carboxylic acids is 1. The van der Waals surface area contributed by atoms with Crippen LogP contribution in [0.3, 0.4) is 0 Å². The van der Waals surface area contributed by atoms with Gasteiger partial charge in [-0.25, -0.2) is 0 Å². The minimum atomic E-state index is -0.959. The van der Waals surface area contributed by atoms with Crippen LogP contribution in [-0.2, 0) is 9.59 Å². The SMILES string of the molecule is CC(NC(=O)C1CCCC2CCCCC21)C(=O)O. The molecule has 0 aromatic carbocycles. The molecule has 4 nitrogen and oxygen atoms in total. The molecule has 2 N–H and O–H groups in total. The third-order valence-corrected chi connectivity index (χ3v) is 4.64. The summed E-state index contributed by atoms with van der Waals surface area (Å²) in [5.74, 6) is 0.239.